The van der Waals surface area contributed by atoms with Crippen molar-refractivity contribution in [2.24, 2.45) is 10.5 Å². The van der Waals surface area contributed by atoms with Crippen LogP contribution >= 0.6 is 24.4 Å². The molecule has 0 aromatic heterocycles. The van der Waals surface area contributed by atoms with Crippen LogP contribution in [0.5, 0.6) is 0 Å². The largest absolute Gasteiger partial charge is 0.487 e. The molecule has 0 saturated heterocycles. The number of thiocarbonyl (C=S) groups is 2. The molecule has 23 heavy (non-hydrogen) atoms. The van der Waals surface area contributed by atoms with E-state index < -0.39 is 5.41 Å². The first-order valence-corrected chi connectivity index (χ1v) is 8.03. The number of benzene rings is 1. The Morgan fingerprint density at radius 1 is 1.39 bits per heavy atom. The summed E-state index contributed by atoms with van der Waals surface area (Å²) in [5.41, 5.74) is 8.28. The predicted octanol–water partition coefficient (Wildman–Crippen LogP) is 4.76. The molecule has 1 rings (SSSR count). The molecular formula is C16H18N4OS2. The molecule has 0 N–H and O–H groups in total. The van der Waals surface area contributed by atoms with Crippen LogP contribution in [0.15, 0.2) is 35.4 Å². The van der Waals surface area contributed by atoms with E-state index in [0.29, 0.717) is 42.3 Å². The molecule has 0 aliphatic rings. The Balaban J connectivity index is 2.52. The van der Waals surface area contributed by atoms with Crippen molar-refractivity contribution in [2.75, 3.05) is 13.2 Å². The summed E-state index contributed by atoms with van der Waals surface area (Å²) in [5, 5.41) is 13.4. The standard InChI is InChI=1S/C16H18N4OS2/c1-16(12-17,15(23)13-6-3-2-4-7-13)9-8-14(22)21-11-5-10-19-20-18/h2-4,6-7H,5,8-11H2,1H3. The third-order valence-electron chi connectivity index (χ3n) is 3.34. The predicted molar refractivity (Wildman–Crippen MR) is 98.3 cm³/mol. The van der Waals surface area contributed by atoms with Gasteiger partial charge in [-0.1, -0.05) is 47.7 Å². The highest BCUT2D eigenvalue weighted by molar-refractivity contribution is 7.81. The summed E-state index contributed by atoms with van der Waals surface area (Å²) in [6.07, 6.45) is 1.60. The number of hydrogen-bond acceptors (Lipinski definition) is 5. The van der Waals surface area contributed by atoms with Gasteiger partial charge in [-0.3, -0.25) is 0 Å². The van der Waals surface area contributed by atoms with Gasteiger partial charge >= 0.3 is 0 Å². The van der Waals surface area contributed by atoms with Crippen LogP contribution in [0.25, 0.3) is 10.4 Å². The molecule has 0 bridgehead atoms. The van der Waals surface area contributed by atoms with Crippen molar-refractivity contribution in [2.45, 2.75) is 26.2 Å². The summed E-state index contributed by atoms with van der Waals surface area (Å²) in [4.78, 5) is 3.28. The summed E-state index contributed by atoms with van der Waals surface area (Å²) in [6.45, 7) is 2.62. The average Bonchev–Trinajstić information content (AvgIpc) is 2.59. The first kappa shape index (κ1) is 19.0. The number of azide groups is 1. The van der Waals surface area contributed by atoms with Gasteiger partial charge in [0, 0.05) is 22.7 Å². The Bertz CT molecular complexity index is 635. The van der Waals surface area contributed by atoms with E-state index in [4.69, 9.17) is 34.7 Å². The van der Waals surface area contributed by atoms with Crippen molar-refractivity contribution >= 4 is 34.4 Å². The fraction of sp³-hybridized carbons (Fsp3) is 0.438. The molecule has 0 fully saturated rings. The maximum Gasteiger partial charge on any atom is 0.159 e. The second-order valence-electron chi connectivity index (χ2n) is 5.17. The van der Waals surface area contributed by atoms with Crippen molar-refractivity contribution in [1.82, 2.24) is 0 Å². The van der Waals surface area contributed by atoms with Crippen molar-refractivity contribution in [3.63, 3.8) is 0 Å². The molecule has 0 radical (unpaired) electrons. The first-order valence-electron chi connectivity index (χ1n) is 7.21. The Labute approximate surface area is 146 Å². The Morgan fingerprint density at radius 2 is 2.09 bits per heavy atom. The van der Waals surface area contributed by atoms with Gasteiger partial charge in [-0.2, -0.15) is 5.26 Å². The lowest BCUT2D eigenvalue weighted by molar-refractivity contribution is 0.297. The van der Waals surface area contributed by atoms with Crippen molar-refractivity contribution in [3.05, 3.63) is 46.3 Å². The first-order chi connectivity index (χ1) is 11.0. The Kier molecular flexibility index (Phi) is 8.20. The Hall–Kier alpha value is -2.00. The lowest BCUT2D eigenvalue weighted by Gasteiger charge is -2.23. The van der Waals surface area contributed by atoms with Crippen LogP contribution in [0.2, 0.25) is 0 Å². The van der Waals surface area contributed by atoms with E-state index in [-0.39, 0.29) is 0 Å². The van der Waals surface area contributed by atoms with Crippen LogP contribution in [0.4, 0.5) is 0 Å². The molecule has 0 heterocycles. The molecule has 0 aliphatic heterocycles. The van der Waals surface area contributed by atoms with Gasteiger partial charge in [0.05, 0.1) is 18.1 Å². The maximum absolute atomic E-state index is 9.54. The number of nitriles is 1. The quantitative estimate of drug-likeness (QED) is 0.161. The summed E-state index contributed by atoms with van der Waals surface area (Å²) < 4.78 is 5.41. The van der Waals surface area contributed by atoms with E-state index in [0.717, 1.165) is 5.56 Å². The molecule has 7 heteroatoms. The highest BCUT2D eigenvalue weighted by atomic mass is 32.1. The van der Waals surface area contributed by atoms with Crippen molar-refractivity contribution in [1.29, 1.82) is 5.26 Å². The molecule has 0 amide bonds. The van der Waals surface area contributed by atoms with Gasteiger partial charge in [0.2, 0.25) is 0 Å². The molecule has 0 aliphatic carbocycles. The minimum absolute atomic E-state index is 0.382. The minimum Gasteiger partial charge on any atom is -0.487 e. The third kappa shape index (κ3) is 6.33. The zero-order valence-electron chi connectivity index (χ0n) is 12.9. The molecule has 5 nitrogen and oxygen atoms in total. The molecule has 0 spiro atoms. The minimum atomic E-state index is -0.769. The van der Waals surface area contributed by atoms with Crippen LogP contribution in [0, 0.1) is 16.7 Å². The van der Waals surface area contributed by atoms with Gasteiger partial charge in [-0.15, -0.1) is 0 Å². The van der Waals surface area contributed by atoms with Crippen LogP contribution in [0.1, 0.15) is 31.7 Å². The van der Waals surface area contributed by atoms with Crippen LogP contribution in [-0.2, 0) is 4.74 Å². The van der Waals surface area contributed by atoms with Crippen LogP contribution in [0.3, 0.4) is 0 Å². The van der Waals surface area contributed by atoms with Gasteiger partial charge < -0.3 is 4.74 Å². The molecule has 1 unspecified atom stereocenters. The lowest BCUT2D eigenvalue weighted by atomic mass is 9.81. The number of ether oxygens (including phenoxy) is 1. The fourth-order valence-electron chi connectivity index (χ4n) is 1.92. The number of hydrogen-bond donors (Lipinski definition) is 0. The monoisotopic (exact) mass is 346 g/mol. The van der Waals surface area contributed by atoms with Gasteiger partial charge in [0.1, 0.15) is 0 Å². The van der Waals surface area contributed by atoms with Crippen LogP contribution in [-0.4, -0.2) is 23.1 Å². The summed E-state index contributed by atoms with van der Waals surface area (Å²) in [6, 6.07) is 11.8. The molecule has 1 aromatic carbocycles. The van der Waals surface area contributed by atoms with E-state index in [1.54, 1.807) is 0 Å². The second kappa shape index (κ2) is 9.90. The van der Waals surface area contributed by atoms with E-state index >= 15 is 0 Å². The van der Waals surface area contributed by atoms with Crippen LogP contribution < -0.4 is 0 Å². The summed E-state index contributed by atoms with van der Waals surface area (Å²) in [7, 11) is 0. The molecule has 120 valence electrons. The molecular weight excluding hydrogens is 328 g/mol. The van der Waals surface area contributed by atoms with Crippen molar-refractivity contribution < 1.29 is 4.74 Å². The van der Waals surface area contributed by atoms with E-state index in [9.17, 15) is 5.26 Å². The lowest BCUT2D eigenvalue weighted by Crippen LogP contribution is -2.26. The van der Waals surface area contributed by atoms with Crippen molar-refractivity contribution in [3.8, 4) is 6.07 Å². The fourth-order valence-corrected chi connectivity index (χ4v) is 2.39. The van der Waals surface area contributed by atoms with E-state index in [1.165, 1.54) is 0 Å². The zero-order valence-corrected chi connectivity index (χ0v) is 14.6. The van der Waals surface area contributed by atoms with E-state index in [1.807, 2.05) is 37.3 Å². The normalized spacial score (nSPS) is 12.3. The van der Waals surface area contributed by atoms with Gasteiger partial charge in [-0.25, -0.2) is 0 Å². The highest BCUT2D eigenvalue weighted by Gasteiger charge is 2.30. The zero-order chi connectivity index (χ0) is 17.1. The van der Waals surface area contributed by atoms with Gasteiger partial charge in [0.15, 0.2) is 5.05 Å². The maximum atomic E-state index is 9.54. The molecule has 1 atom stereocenters. The summed E-state index contributed by atoms with van der Waals surface area (Å²) in [5.74, 6) is 0. The summed E-state index contributed by atoms with van der Waals surface area (Å²) >= 11 is 10.7. The van der Waals surface area contributed by atoms with Gasteiger partial charge in [0.25, 0.3) is 0 Å². The third-order valence-corrected chi connectivity index (χ3v) is 4.35. The SMILES string of the molecule is CC(C#N)(CCC(=S)OCCCN=[N+]=[N-])C(=S)c1ccccc1. The number of rotatable bonds is 9. The smallest absolute Gasteiger partial charge is 0.159 e. The molecule has 0 saturated carbocycles. The highest BCUT2D eigenvalue weighted by Crippen LogP contribution is 2.29. The Morgan fingerprint density at radius 3 is 2.70 bits per heavy atom. The second-order valence-corrected chi connectivity index (χ2v) is 6.03. The van der Waals surface area contributed by atoms with Gasteiger partial charge in [-0.05, 0) is 43.1 Å². The topological polar surface area (TPSA) is 81.8 Å². The van der Waals surface area contributed by atoms with E-state index in [2.05, 4.69) is 16.1 Å². The number of nitrogens with zero attached hydrogens (tertiary/aromatic N) is 4. The molecule has 1 aromatic rings. The average molecular weight is 346 g/mol.